The number of rotatable bonds is 6. The Kier molecular flexibility index (Phi) is 6.40. The molecule has 0 aromatic heterocycles. The highest BCUT2D eigenvalue weighted by molar-refractivity contribution is 8.02. The quantitative estimate of drug-likeness (QED) is 0.722. The van der Waals surface area contributed by atoms with E-state index in [-0.39, 0.29) is 33.6 Å². The summed E-state index contributed by atoms with van der Waals surface area (Å²) >= 11 is 1.43. The molecule has 0 aliphatic carbocycles. The molecular weight excluding hydrogens is 430 g/mol. The molecule has 2 atom stereocenters. The van der Waals surface area contributed by atoms with E-state index in [1.165, 1.54) is 23.9 Å². The SMILES string of the molecule is C[C@H](NC(=O)c1ccccc1S[C@@H]1CCS(=O)(=O)C1)c1ccc(S(C)(=O)=O)cc1. The van der Waals surface area contributed by atoms with Crippen LogP contribution in [0.2, 0.25) is 0 Å². The number of hydrogen-bond acceptors (Lipinski definition) is 6. The zero-order valence-electron chi connectivity index (χ0n) is 16.2. The first-order valence-electron chi connectivity index (χ1n) is 9.12. The number of thioether (sulfide) groups is 1. The Bertz CT molecular complexity index is 1110. The molecule has 1 amide bonds. The molecule has 2 aromatic rings. The number of carbonyl (C=O) groups is 1. The van der Waals surface area contributed by atoms with Crippen molar-refractivity contribution in [3.63, 3.8) is 0 Å². The van der Waals surface area contributed by atoms with Gasteiger partial charge in [0.15, 0.2) is 19.7 Å². The molecule has 2 aromatic carbocycles. The highest BCUT2D eigenvalue weighted by Gasteiger charge is 2.29. The van der Waals surface area contributed by atoms with Gasteiger partial charge in [0.05, 0.1) is 28.0 Å². The van der Waals surface area contributed by atoms with Crippen molar-refractivity contribution < 1.29 is 21.6 Å². The number of amides is 1. The summed E-state index contributed by atoms with van der Waals surface area (Å²) < 4.78 is 46.6. The second kappa shape index (κ2) is 8.49. The summed E-state index contributed by atoms with van der Waals surface area (Å²) in [5.41, 5.74) is 1.29. The Balaban J connectivity index is 1.72. The largest absolute Gasteiger partial charge is 0.345 e. The van der Waals surface area contributed by atoms with Crippen molar-refractivity contribution in [1.82, 2.24) is 5.32 Å². The van der Waals surface area contributed by atoms with Crippen LogP contribution in [-0.2, 0) is 19.7 Å². The lowest BCUT2D eigenvalue weighted by Gasteiger charge is -2.17. The minimum atomic E-state index is -3.27. The maximum Gasteiger partial charge on any atom is 0.252 e. The van der Waals surface area contributed by atoms with E-state index in [1.807, 2.05) is 19.1 Å². The van der Waals surface area contributed by atoms with E-state index in [9.17, 15) is 21.6 Å². The Hall–Kier alpha value is -1.84. The van der Waals surface area contributed by atoms with E-state index in [0.717, 1.165) is 16.7 Å². The lowest BCUT2D eigenvalue weighted by atomic mass is 10.1. The maximum atomic E-state index is 12.8. The van der Waals surface area contributed by atoms with Gasteiger partial charge in [0.25, 0.3) is 5.91 Å². The van der Waals surface area contributed by atoms with Crippen molar-refractivity contribution in [2.24, 2.45) is 0 Å². The molecule has 3 rings (SSSR count). The topological polar surface area (TPSA) is 97.4 Å². The Morgan fingerprint density at radius 1 is 1.14 bits per heavy atom. The molecule has 0 unspecified atom stereocenters. The van der Waals surface area contributed by atoms with Gasteiger partial charge < -0.3 is 5.32 Å². The summed E-state index contributed by atoms with van der Waals surface area (Å²) in [6.45, 7) is 1.83. The minimum Gasteiger partial charge on any atom is -0.345 e. The normalized spacial score (nSPS) is 19.6. The zero-order chi connectivity index (χ0) is 21.2. The fraction of sp³-hybridized carbons (Fsp3) is 0.350. The van der Waals surface area contributed by atoms with Crippen LogP contribution >= 0.6 is 11.8 Å². The lowest BCUT2D eigenvalue weighted by molar-refractivity contribution is 0.0937. The van der Waals surface area contributed by atoms with Crippen LogP contribution in [0, 0.1) is 0 Å². The number of nitrogens with one attached hydrogen (secondary N) is 1. The summed E-state index contributed by atoms with van der Waals surface area (Å²) in [6.07, 6.45) is 1.74. The molecule has 0 saturated carbocycles. The molecule has 1 N–H and O–H groups in total. The molecule has 1 aliphatic heterocycles. The third-order valence-electron chi connectivity index (χ3n) is 4.77. The van der Waals surface area contributed by atoms with Gasteiger partial charge in [-0.25, -0.2) is 16.8 Å². The fourth-order valence-corrected chi connectivity index (χ4v) is 7.41. The van der Waals surface area contributed by atoms with Crippen molar-refractivity contribution in [3.8, 4) is 0 Å². The Morgan fingerprint density at radius 3 is 2.38 bits per heavy atom. The maximum absolute atomic E-state index is 12.8. The number of benzene rings is 2. The van der Waals surface area contributed by atoms with Crippen LogP contribution in [0.4, 0.5) is 0 Å². The van der Waals surface area contributed by atoms with Crippen LogP contribution in [0.3, 0.4) is 0 Å². The average molecular weight is 454 g/mol. The van der Waals surface area contributed by atoms with Gasteiger partial charge >= 0.3 is 0 Å². The molecule has 1 saturated heterocycles. The van der Waals surface area contributed by atoms with Gasteiger partial charge in [-0.05, 0) is 43.2 Å². The minimum absolute atomic E-state index is 0.0464. The third kappa shape index (κ3) is 5.61. The van der Waals surface area contributed by atoms with Crippen molar-refractivity contribution in [2.45, 2.75) is 34.4 Å². The molecule has 9 heteroatoms. The van der Waals surface area contributed by atoms with E-state index in [2.05, 4.69) is 5.32 Å². The molecular formula is C20H23NO5S3. The Labute approximate surface area is 175 Å². The fourth-order valence-electron chi connectivity index (χ4n) is 3.15. The smallest absolute Gasteiger partial charge is 0.252 e. The van der Waals surface area contributed by atoms with E-state index >= 15 is 0 Å². The number of carbonyl (C=O) groups excluding carboxylic acids is 1. The van der Waals surface area contributed by atoms with E-state index in [4.69, 9.17) is 0 Å². The first-order valence-corrected chi connectivity index (χ1v) is 13.7. The van der Waals surface area contributed by atoms with Gasteiger partial charge in [0, 0.05) is 16.4 Å². The molecule has 1 heterocycles. The van der Waals surface area contributed by atoms with Crippen LogP contribution in [-0.4, -0.2) is 45.8 Å². The zero-order valence-corrected chi connectivity index (χ0v) is 18.6. The second-order valence-electron chi connectivity index (χ2n) is 7.18. The predicted octanol–water partition coefficient (Wildman–Crippen LogP) is 2.86. The molecule has 1 aliphatic rings. The van der Waals surface area contributed by atoms with Crippen LogP contribution in [0.25, 0.3) is 0 Å². The summed E-state index contributed by atoms with van der Waals surface area (Å²) in [4.78, 5) is 13.8. The van der Waals surface area contributed by atoms with Crippen LogP contribution < -0.4 is 5.32 Å². The molecule has 1 fully saturated rings. The lowest BCUT2D eigenvalue weighted by Crippen LogP contribution is -2.27. The van der Waals surface area contributed by atoms with Gasteiger partial charge in [0.2, 0.25) is 0 Å². The molecule has 156 valence electrons. The monoisotopic (exact) mass is 453 g/mol. The van der Waals surface area contributed by atoms with E-state index in [0.29, 0.717) is 12.0 Å². The van der Waals surface area contributed by atoms with Crippen molar-refractivity contribution in [3.05, 3.63) is 59.7 Å². The number of sulfone groups is 2. The average Bonchev–Trinajstić information content (AvgIpc) is 3.00. The summed E-state index contributed by atoms with van der Waals surface area (Å²) in [5, 5.41) is 2.89. The molecule has 6 nitrogen and oxygen atoms in total. The number of hydrogen-bond donors (Lipinski definition) is 1. The standard InChI is InChI=1S/C20H23NO5S3/c1-14(15-7-9-17(10-8-15)28(2,23)24)21-20(22)18-5-3-4-6-19(18)27-16-11-12-29(25,26)13-16/h3-10,14,16H,11-13H2,1-2H3,(H,21,22)/t14-,16+/m0/s1. The first-order chi connectivity index (χ1) is 13.5. The van der Waals surface area contributed by atoms with Gasteiger partial charge in [-0.1, -0.05) is 24.3 Å². The van der Waals surface area contributed by atoms with Gasteiger partial charge in [-0.3, -0.25) is 4.79 Å². The third-order valence-corrected chi connectivity index (χ3v) is 9.22. The molecule has 0 bridgehead atoms. The van der Waals surface area contributed by atoms with Gasteiger partial charge in [-0.15, -0.1) is 11.8 Å². The van der Waals surface area contributed by atoms with Crippen molar-refractivity contribution in [2.75, 3.05) is 17.8 Å². The highest BCUT2D eigenvalue weighted by atomic mass is 32.2. The summed E-state index contributed by atoms with van der Waals surface area (Å²) in [5.74, 6) is 0.0737. The first kappa shape index (κ1) is 21.9. The molecule has 0 spiro atoms. The van der Waals surface area contributed by atoms with Crippen molar-refractivity contribution >= 4 is 37.3 Å². The summed E-state index contributed by atoms with van der Waals surface area (Å²) in [6, 6.07) is 13.3. The Morgan fingerprint density at radius 2 is 1.79 bits per heavy atom. The second-order valence-corrected chi connectivity index (χ2v) is 12.8. The van der Waals surface area contributed by atoms with Gasteiger partial charge in [-0.2, -0.15) is 0 Å². The van der Waals surface area contributed by atoms with Crippen LogP contribution in [0.5, 0.6) is 0 Å². The highest BCUT2D eigenvalue weighted by Crippen LogP contribution is 2.33. The van der Waals surface area contributed by atoms with E-state index in [1.54, 1.807) is 24.3 Å². The molecule has 0 radical (unpaired) electrons. The molecule has 29 heavy (non-hydrogen) atoms. The van der Waals surface area contributed by atoms with E-state index < -0.39 is 19.7 Å². The van der Waals surface area contributed by atoms with Crippen LogP contribution in [0.15, 0.2) is 58.3 Å². The van der Waals surface area contributed by atoms with Crippen LogP contribution in [0.1, 0.15) is 35.3 Å². The summed E-state index contributed by atoms with van der Waals surface area (Å²) in [7, 11) is -6.25. The van der Waals surface area contributed by atoms with Gasteiger partial charge in [0.1, 0.15) is 0 Å². The van der Waals surface area contributed by atoms with Crippen molar-refractivity contribution in [1.29, 1.82) is 0 Å². The predicted molar refractivity (Wildman–Crippen MR) is 115 cm³/mol.